The summed E-state index contributed by atoms with van der Waals surface area (Å²) in [5, 5.41) is 2.26. The summed E-state index contributed by atoms with van der Waals surface area (Å²) < 4.78 is 40.7. The van der Waals surface area contributed by atoms with Gasteiger partial charge in [-0.25, -0.2) is 13.1 Å². The first kappa shape index (κ1) is 17.8. The highest BCUT2D eigenvalue weighted by Gasteiger charge is 2.19. The van der Waals surface area contributed by atoms with Gasteiger partial charge in [-0.1, -0.05) is 0 Å². The first-order chi connectivity index (χ1) is 11.5. The van der Waals surface area contributed by atoms with Crippen LogP contribution in [0, 0.1) is 0 Å². The number of methoxy groups -OCH3 is 1. The average Bonchev–Trinajstić information content (AvgIpc) is 3.10. The van der Waals surface area contributed by atoms with E-state index in [9.17, 15) is 13.2 Å². The number of carbonyl (C=O) groups is 1. The van der Waals surface area contributed by atoms with E-state index in [1.165, 1.54) is 19.2 Å². The van der Waals surface area contributed by atoms with E-state index in [0.29, 0.717) is 5.75 Å². The molecule has 0 atom stereocenters. The molecule has 1 heterocycles. The van der Waals surface area contributed by atoms with Crippen molar-refractivity contribution in [3.8, 4) is 11.5 Å². The Morgan fingerprint density at radius 2 is 1.79 bits per heavy atom. The van der Waals surface area contributed by atoms with Crippen LogP contribution in [-0.2, 0) is 10.0 Å². The van der Waals surface area contributed by atoms with Crippen molar-refractivity contribution in [2.24, 2.45) is 0 Å². The summed E-state index contributed by atoms with van der Waals surface area (Å²) in [5.74, 6) is 0.755. The minimum absolute atomic E-state index is 0.0896. The topological polar surface area (TPSA) is 107 Å². The number of benzene rings is 1. The lowest BCUT2D eigenvalue weighted by molar-refractivity contribution is 0.0914. The third-order valence-corrected chi connectivity index (χ3v) is 4.34. The molecule has 0 spiro atoms. The molecule has 8 nitrogen and oxygen atoms in total. The monoisotopic (exact) mass is 354 g/mol. The van der Waals surface area contributed by atoms with E-state index in [1.54, 1.807) is 31.4 Å². The number of furan rings is 1. The molecule has 2 rings (SSSR count). The number of amides is 1. The van der Waals surface area contributed by atoms with E-state index in [0.717, 1.165) is 5.75 Å². The Hall–Kier alpha value is -2.52. The minimum Gasteiger partial charge on any atom is -0.497 e. The van der Waals surface area contributed by atoms with E-state index in [-0.39, 0.29) is 24.0 Å². The number of nitrogens with one attached hydrogen (secondary N) is 2. The van der Waals surface area contributed by atoms with Gasteiger partial charge in [-0.3, -0.25) is 4.79 Å². The molecule has 9 heteroatoms. The van der Waals surface area contributed by atoms with Gasteiger partial charge in [0.15, 0.2) is 5.76 Å². The Bertz CT molecular complexity index is 783. The van der Waals surface area contributed by atoms with E-state index in [4.69, 9.17) is 13.9 Å². The Morgan fingerprint density at radius 1 is 1.12 bits per heavy atom. The van der Waals surface area contributed by atoms with Gasteiger partial charge in [0.2, 0.25) is 5.09 Å². The van der Waals surface area contributed by atoms with Crippen LogP contribution in [0.15, 0.2) is 45.9 Å². The van der Waals surface area contributed by atoms with Gasteiger partial charge in [0.1, 0.15) is 18.1 Å². The number of sulfonamides is 1. The molecular weight excluding hydrogens is 336 g/mol. The van der Waals surface area contributed by atoms with Crippen LogP contribution < -0.4 is 19.5 Å². The highest BCUT2D eigenvalue weighted by molar-refractivity contribution is 7.89. The zero-order valence-corrected chi connectivity index (χ0v) is 14.1. The molecule has 1 aromatic carbocycles. The summed E-state index contributed by atoms with van der Waals surface area (Å²) in [6.07, 6.45) is 0. The summed E-state index contributed by atoms with van der Waals surface area (Å²) in [6, 6.07) is 9.55. The summed E-state index contributed by atoms with van der Waals surface area (Å²) >= 11 is 0. The van der Waals surface area contributed by atoms with Gasteiger partial charge in [-0.2, -0.15) is 0 Å². The Morgan fingerprint density at radius 3 is 2.42 bits per heavy atom. The van der Waals surface area contributed by atoms with Crippen LogP contribution in [-0.4, -0.2) is 41.6 Å². The molecule has 130 valence electrons. The maximum atomic E-state index is 11.9. The predicted molar refractivity (Wildman–Crippen MR) is 85.8 cm³/mol. The fourth-order valence-electron chi connectivity index (χ4n) is 1.78. The smallest absolute Gasteiger partial charge is 0.287 e. The fourth-order valence-corrected chi connectivity index (χ4v) is 2.43. The first-order valence-electron chi connectivity index (χ1n) is 7.04. The van der Waals surface area contributed by atoms with Crippen LogP contribution >= 0.6 is 0 Å². The lowest BCUT2D eigenvalue weighted by Gasteiger charge is -2.07. The zero-order chi connectivity index (χ0) is 17.6. The molecule has 2 N–H and O–H groups in total. The standard InChI is InChI=1S/C15H18N2O6S/c1-16-24(19,20)14-8-7-13(23-14)15(18)17-9-10-22-12-5-3-11(21-2)4-6-12/h3-8,16H,9-10H2,1-2H3,(H,17,18). The van der Waals surface area contributed by atoms with Crippen molar-refractivity contribution in [2.75, 3.05) is 27.3 Å². The maximum absolute atomic E-state index is 11.9. The Labute approximate surface area is 139 Å². The Balaban J connectivity index is 1.81. The highest BCUT2D eigenvalue weighted by atomic mass is 32.2. The van der Waals surface area contributed by atoms with E-state index in [2.05, 4.69) is 10.0 Å². The molecular formula is C15H18N2O6S. The number of carbonyl (C=O) groups excluding carboxylic acids is 1. The van der Waals surface area contributed by atoms with Gasteiger partial charge in [-0.15, -0.1) is 0 Å². The fraction of sp³-hybridized carbons (Fsp3) is 0.267. The molecule has 0 radical (unpaired) electrons. The molecule has 0 aliphatic heterocycles. The highest BCUT2D eigenvalue weighted by Crippen LogP contribution is 2.16. The molecule has 0 unspecified atom stereocenters. The molecule has 1 aromatic heterocycles. The third kappa shape index (κ3) is 4.49. The van der Waals surface area contributed by atoms with Crippen LogP contribution in [0.2, 0.25) is 0 Å². The summed E-state index contributed by atoms with van der Waals surface area (Å²) in [6.45, 7) is 0.486. The molecule has 2 aromatic rings. The van der Waals surface area contributed by atoms with Gasteiger partial charge >= 0.3 is 0 Å². The van der Waals surface area contributed by atoms with E-state index >= 15 is 0 Å². The first-order valence-corrected chi connectivity index (χ1v) is 8.53. The second-order valence-corrected chi connectivity index (χ2v) is 6.42. The molecule has 0 bridgehead atoms. The van der Waals surface area contributed by atoms with Gasteiger partial charge in [0.25, 0.3) is 15.9 Å². The summed E-state index contributed by atoms with van der Waals surface area (Å²) in [4.78, 5) is 11.9. The molecule has 0 fully saturated rings. The Kier molecular flexibility index (Phi) is 5.83. The van der Waals surface area contributed by atoms with Crippen LogP contribution in [0.1, 0.15) is 10.6 Å². The second kappa shape index (κ2) is 7.84. The maximum Gasteiger partial charge on any atom is 0.287 e. The van der Waals surface area contributed by atoms with Crippen LogP contribution in [0.3, 0.4) is 0 Å². The quantitative estimate of drug-likeness (QED) is 0.685. The van der Waals surface area contributed by atoms with Crippen molar-refractivity contribution in [2.45, 2.75) is 5.09 Å². The van der Waals surface area contributed by atoms with Crippen molar-refractivity contribution in [3.05, 3.63) is 42.2 Å². The second-order valence-electron chi connectivity index (χ2n) is 4.61. The van der Waals surface area contributed by atoms with Crippen molar-refractivity contribution >= 4 is 15.9 Å². The molecule has 1 amide bonds. The number of hydrogen-bond acceptors (Lipinski definition) is 6. The number of hydrogen-bond donors (Lipinski definition) is 2. The molecule has 0 aliphatic rings. The van der Waals surface area contributed by atoms with Gasteiger partial charge < -0.3 is 19.2 Å². The summed E-state index contributed by atoms with van der Waals surface area (Å²) in [7, 11) is -0.875. The predicted octanol–water partition coefficient (Wildman–Crippen LogP) is 1.01. The van der Waals surface area contributed by atoms with Crippen LogP contribution in [0.25, 0.3) is 0 Å². The van der Waals surface area contributed by atoms with Crippen molar-refractivity contribution in [1.82, 2.24) is 10.0 Å². The summed E-state index contributed by atoms with van der Waals surface area (Å²) in [5.41, 5.74) is 0. The van der Waals surface area contributed by atoms with E-state index < -0.39 is 15.9 Å². The van der Waals surface area contributed by atoms with Crippen molar-refractivity contribution in [3.63, 3.8) is 0 Å². The number of ether oxygens (including phenoxy) is 2. The van der Waals surface area contributed by atoms with Crippen LogP contribution in [0.4, 0.5) is 0 Å². The van der Waals surface area contributed by atoms with E-state index in [1.807, 2.05) is 0 Å². The van der Waals surface area contributed by atoms with Gasteiger partial charge in [-0.05, 0) is 43.4 Å². The lowest BCUT2D eigenvalue weighted by atomic mass is 10.3. The average molecular weight is 354 g/mol. The van der Waals surface area contributed by atoms with Gasteiger partial charge in [0.05, 0.1) is 13.7 Å². The van der Waals surface area contributed by atoms with Crippen molar-refractivity contribution in [1.29, 1.82) is 0 Å². The van der Waals surface area contributed by atoms with Gasteiger partial charge in [0, 0.05) is 0 Å². The lowest BCUT2D eigenvalue weighted by Crippen LogP contribution is -2.27. The van der Waals surface area contributed by atoms with Crippen molar-refractivity contribution < 1.29 is 27.1 Å². The zero-order valence-electron chi connectivity index (χ0n) is 13.2. The third-order valence-electron chi connectivity index (χ3n) is 3.05. The number of rotatable bonds is 8. The molecule has 24 heavy (non-hydrogen) atoms. The SMILES string of the molecule is CNS(=O)(=O)c1ccc(C(=O)NCCOc2ccc(OC)cc2)o1. The molecule has 0 saturated heterocycles. The van der Waals surface area contributed by atoms with Crippen LogP contribution in [0.5, 0.6) is 11.5 Å². The molecule has 0 aliphatic carbocycles. The minimum atomic E-state index is -3.71. The molecule has 0 saturated carbocycles. The largest absolute Gasteiger partial charge is 0.497 e. The normalized spacial score (nSPS) is 11.1.